The molecule has 1 aromatic heterocycles. The van der Waals surface area contributed by atoms with Crippen LogP contribution >= 0.6 is 15.9 Å². The topological polar surface area (TPSA) is 72.2 Å². The Bertz CT molecular complexity index is 1070. The number of aromatic nitrogens is 1. The third-order valence-corrected chi connectivity index (χ3v) is 4.46. The van der Waals surface area contributed by atoms with Gasteiger partial charge in [0.2, 0.25) is 0 Å². The van der Waals surface area contributed by atoms with Crippen molar-refractivity contribution in [1.29, 1.82) is 0 Å². The van der Waals surface area contributed by atoms with E-state index >= 15 is 0 Å². The summed E-state index contributed by atoms with van der Waals surface area (Å²) in [5, 5.41) is 5.91. The van der Waals surface area contributed by atoms with E-state index in [9.17, 15) is 22.8 Å². The first-order valence-electron chi connectivity index (χ1n) is 6.93. The SMILES string of the molecule is O=C1c2ccccc2-c2onc3c(Br)cc(NC(=O)C(F)(F)F)c1c23. The molecule has 1 heterocycles. The lowest BCUT2D eigenvalue weighted by atomic mass is 9.87. The third-order valence-electron chi connectivity index (χ3n) is 3.86. The van der Waals surface area contributed by atoms with Gasteiger partial charge in [-0.15, -0.1) is 0 Å². The highest BCUT2D eigenvalue weighted by Gasteiger charge is 2.40. The first kappa shape index (κ1) is 15.8. The maximum atomic E-state index is 12.8. The summed E-state index contributed by atoms with van der Waals surface area (Å²) in [5.41, 5.74) is 0.709. The predicted molar refractivity (Wildman–Crippen MR) is 85.3 cm³/mol. The highest BCUT2D eigenvalue weighted by Crippen LogP contribution is 2.44. The minimum Gasteiger partial charge on any atom is -0.355 e. The van der Waals surface area contributed by atoms with Crippen molar-refractivity contribution in [2.45, 2.75) is 6.18 Å². The quantitative estimate of drug-likeness (QED) is 0.507. The van der Waals surface area contributed by atoms with Crippen LogP contribution in [-0.2, 0) is 4.79 Å². The molecule has 1 aliphatic carbocycles. The van der Waals surface area contributed by atoms with Crippen molar-refractivity contribution in [2.24, 2.45) is 0 Å². The molecule has 9 heteroatoms. The summed E-state index contributed by atoms with van der Waals surface area (Å²) in [7, 11) is 0. The molecule has 126 valence electrons. The summed E-state index contributed by atoms with van der Waals surface area (Å²) < 4.78 is 43.5. The molecule has 0 fully saturated rings. The van der Waals surface area contributed by atoms with E-state index in [0.29, 0.717) is 10.0 Å². The Balaban J connectivity index is 2.02. The number of anilines is 1. The fourth-order valence-corrected chi connectivity index (χ4v) is 3.31. The van der Waals surface area contributed by atoms with Crippen LogP contribution in [0.1, 0.15) is 15.9 Å². The normalized spacial score (nSPS) is 13.0. The number of hydrogen-bond acceptors (Lipinski definition) is 4. The molecule has 1 N–H and O–H groups in total. The van der Waals surface area contributed by atoms with E-state index in [0.717, 1.165) is 0 Å². The Labute approximate surface area is 145 Å². The van der Waals surface area contributed by atoms with Crippen LogP contribution in [0.3, 0.4) is 0 Å². The second kappa shape index (κ2) is 5.16. The first-order chi connectivity index (χ1) is 11.8. The Hall–Kier alpha value is -2.68. The van der Waals surface area contributed by atoms with Gasteiger partial charge in [0.15, 0.2) is 11.5 Å². The molecule has 0 saturated carbocycles. The van der Waals surface area contributed by atoms with Crippen LogP contribution in [0.25, 0.3) is 22.2 Å². The number of hydrogen-bond donors (Lipinski definition) is 1. The molecule has 5 nitrogen and oxygen atoms in total. The van der Waals surface area contributed by atoms with Gasteiger partial charge in [0.05, 0.1) is 16.6 Å². The van der Waals surface area contributed by atoms with Crippen LogP contribution in [0.2, 0.25) is 0 Å². The summed E-state index contributed by atoms with van der Waals surface area (Å²) in [6.45, 7) is 0. The number of halogens is 4. The van der Waals surface area contributed by atoms with Gasteiger partial charge in [-0.25, -0.2) is 0 Å². The number of amides is 1. The smallest absolute Gasteiger partial charge is 0.355 e. The first-order valence-corrected chi connectivity index (χ1v) is 7.72. The number of nitrogens with zero attached hydrogens (tertiary/aromatic N) is 1. The molecule has 0 saturated heterocycles. The molecular formula is C16H6BrF3N2O3. The van der Waals surface area contributed by atoms with E-state index in [4.69, 9.17) is 4.52 Å². The molecule has 0 bridgehead atoms. The average molecular weight is 411 g/mol. The number of alkyl halides is 3. The largest absolute Gasteiger partial charge is 0.471 e. The van der Waals surface area contributed by atoms with Crippen molar-refractivity contribution < 1.29 is 27.3 Å². The van der Waals surface area contributed by atoms with Crippen LogP contribution < -0.4 is 5.32 Å². The molecule has 2 aromatic carbocycles. The van der Waals surface area contributed by atoms with Crippen LogP contribution in [0.15, 0.2) is 39.3 Å². The summed E-state index contributed by atoms with van der Waals surface area (Å²) in [5.74, 6) is -2.41. The molecule has 0 unspecified atom stereocenters. The number of ketones is 1. The monoisotopic (exact) mass is 410 g/mol. The zero-order chi connectivity index (χ0) is 17.9. The molecule has 4 rings (SSSR count). The number of fused-ring (bicyclic) bond motifs is 2. The Morgan fingerprint density at radius 2 is 1.88 bits per heavy atom. The number of carbonyl (C=O) groups is 2. The second-order valence-corrected chi connectivity index (χ2v) is 6.20. The molecule has 0 radical (unpaired) electrons. The van der Waals surface area contributed by atoms with Crippen LogP contribution in [0.5, 0.6) is 0 Å². The molecule has 3 aromatic rings. The molecule has 0 aliphatic heterocycles. The Morgan fingerprint density at radius 3 is 2.56 bits per heavy atom. The fourth-order valence-electron chi connectivity index (χ4n) is 2.81. The molecule has 1 amide bonds. The maximum Gasteiger partial charge on any atom is 0.471 e. The number of rotatable bonds is 1. The van der Waals surface area contributed by atoms with E-state index in [-0.39, 0.29) is 33.5 Å². The minimum atomic E-state index is -5.08. The van der Waals surface area contributed by atoms with E-state index in [2.05, 4.69) is 21.1 Å². The van der Waals surface area contributed by atoms with E-state index < -0.39 is 17.9 Å². The van der Waals surface area contributed by atoms with Crippen molar-refractivity contribution in [3.63, 3.8) is 0 Å². The van der Waals surface area contributed by atoms with Gasteiger partial charge in [-0.2, -0.15) is 13.2 Å². The van der Waals surface area contributed by atoms with E-state index in [1.165, 1.54) is 12.1 Å². The van der Waals surface area contributed by atoms with Gasteiger partial charge in [0, 0.05) is 15.6 Å². The highest BCUT2D eigenvalue weighted by atomic mass is 79.9. The lowest BCUT2D eigenvalue weighted by molar-refractivity contribution is -0.167. The highest BCUT2D eigenvalue weighted by molar-refractivity contribution is 9.10. The summed E-state index contributed by atoms with van der Waals surface area (Å²) in [6.07, 6.45) is -5.08. The Morgan fingerprint density at radius 1 is 1.20 bits per heavy atom. The zero-order valence-corrected chi connectivity index (χ0v) is 13.7. The summed E-state index contributed by atoms with van der Waals surface area (Å²) in [4.78, 5) is 24.2. The minimum absolute atomic E-state index is 0.0780. The molecule has 0 spiro atoms. The van der Waals surface area contributed by atoms with Crippen LogP contribution in [-0.4, -0.2) is 23.0 Å². The average Bonchev–Trinajstić information content (AvgIpc) is 2.99. The van der Waals surface area contributed by atoms with Gasteiger partial charge in [-0.05, 0) is 22.0 Å². The summed E-state index contributed by atoms with van der Waals surface area (Å²) in [6, 6.07) is 7.73. The third kappa shape index (κ3) is 2.26. The predicted octanol–water partition coefficient (Wildman–Crippen LogP) is 4.30. The molecule has 0 atom stereocenters. The Kier molecular flexibility index (Phi) is 3.26. The van der Waals surface area contributed by atoms with Crippen molar-refractivity contribution >= 4 is 44.2 Å². The van der Waals surface area contributed by atoms with Crippen LogP contribution in [0.4, 0.5) is 18.9 Å². The second-order valence-electron chi connectivity index (χ2n) is 5.34. The standard InChI is InChI=1S/C16H6BrF3N2O3/c17-8-5-9(21-15(24)16(18,19)20)10-11-12(8)22-25-14(11)7-4-2-1-3-6(7)13(10)23/h1-5H,(H,21,24). The van der Waals surface area contributed by atoms with Gasteiger partial charge < -0.3 is 9.84 Å². The number of nitrogens with one attached hydrogen (secondary N) is 1. The van der Waals surface area contributed by atoms with Gasteiger partial charge in [0.25, 0.3) is 0 Å². The number of benzene rings is 2. The van der Waals surface area contributed by atoms with E-state index in [1.807, 2.05) is 0 Å². The van der Waals surface area contributed by atoms with Gasteiger partial charge in [-0.1, -0.05) is 29.4 Å². The maximum absolute atomic E-state index is 12.8. The molecule has 25 heavy (non-hydrogen) atoms. The van der Waals surface area contributed by atoms with Crippen molar-refractivity contribution in [3.8, 4) is 11.3 Å². The van der Waals surface area contributed by atoms with Crippen molar-refractivity contribution in [3.05, 3.63) is 45.9 Å². The molecule has 1 aliphatic rings. The lowest BCUT2D eigenvalue weighted by Crippen LogP contribution is -2.30. The van der Waals surface area contributed by atoms with Crippen molar-refractivity contribution in [2.75, 3.05) is 5.32 Å². The van der Waals surface area contributed by atoms with Gasteiger partial charge in [0.1, 0.15) is 5.52 Å². The summed E-state index contributed by atoms with van der Waals surface area (Å²) >= 11 is 3.18. The van der Waals surface area contributed by atoms with Crippen molar-refractivity contribution in [1.82, 2.24) is 5.16 Å². The molecular weight excluding hydrogens is 405 g/mol. The van der Waals surface area contributed by atoms with Gasteiger partial charge >= 0.3 is 12.1 Å². The zero-order valence-electron chi connectivity index (χ0n) is 12.1. The van der Waals surface area contributed by atoms with E-state index in [1.54, 1.807) is 23.5 Å². The number of carbonyl (C=O) groups excluding carboxylic acids is 2. The fraction of sp³-hybridized carbons (Fsp3) is 0.0625. The van der Waals surface area contributed by atoms with Crippen LogP contribution in [0, 0.1) is 0 Å². The van der Waals surface area contributed by atoms with Gasteiger partial charge in [-0.3, -0.25) is 9.59 Å². The lowest BCUT2D eigenvalue weighted by Gasteiger charge is -2.18.